The molecule has 1 aromatic heterocycles. The van der Waals surface area contributed by atoms with Gasteiger partial charge in [0.25, 0.3) is 0 Å². The van der Waals surface area contributed by atoms with E-state index < -0.39 is 6.09 Å². The smallest absolute Gasteiger partial charge is 0.436 e. The number of ether oxygens (including phenoxy) is 1. The van der Waals surface area contributed by atoms with Crippen molar-refractivity contribution in [1.82, 2.24) is 15.0 Å². The topological polar surface area (TPSA) is 77.2 Å². The standard InChI is InChI=1S/C11H9N3O3/c1-2-8-4-3-5-9(6-8)17-10-7-12-13-14(10)11(15)16/h2-7H,1H2,(H,15,16). The lowest BCUT2D eigenvalue weighted by atomic mass is 10.2. The van der Waals surface area contributed by atoms with Crippen molar-refractivity contribution in [2.75, 3.05) is 0 Å². The lowest BCUT2D eigenvalue weighted by molar-refractivity contribution is 0.189. The quantitative estimate of drug-likeness (QED) is 0.876. The predicted molar refractivity (Wildman–Crippen MR) is 60.1 cm³/mol. The van der Waals surface area contributed by atoms with E-state index in [1.54, 1.807) is 24.3 Å². The zero-order valence-electron chi connectivity index (χ0n) is 8.78. The van der Waals surface area contributed by atoms with Gasteiger partial charge < -0.3 is 9.84 Å². The van der Waals surface area contributed by atoms with Gasteiger partial charge in [0.2, 0.25) is 5.88 Å². The van der Waals surface area contributed by atoms with Gasteiger partial charge in [0.15, 0.2) is 0 Å². The lowest BCUT2D eigenvalue weighted by Crippen LogP contribution is -2.11. The van der Waals surface area contributed by atoms with E-state index in [2.05, 4.69) is 16.9 Å². The van der Waals surface area contributed by atoms with Gasteiger partial charge in [0, 0.05) is 0 Å². The van der Waals surface area contributed by atoms with E-state index in [-0.39, 0.29) is 5.88 Å². The number of hydrogen-bond acceptors (Lipinski definition) is 4. The first-order valence-electron chi connectivity index (χ1n) is 4.75. The number of hydrogen-bond donors (Lipinski definition) is 1. The van der Waals surface area contributed by atoms with Crippen molar-refractivity contribution in [3.05, 3.63) is 42.6 Å². The molecule has 0 saturated heterocycles. The number of rotatable bonds is 3. The summed E-state index contributed by atoms with van der Waals surface area (Å²) in [6.45, 7) is 3.64. The molecule has 17 heavy (non-hydrogen) atoms. The van der Waals surface area contributed by atoms with Crippen molar-refractivity contribution in [3.8, 4) is 11.6 Å². The van der Waals surface area contributed by atoms with Crippen LogP contribution >= 0.6 is 0 Å². The van der Waals surface area contributed by atoms with Gasteiger partial charge in [-0.25, -0.2) is 4.79 Å². The van der Waals surface area contributed by atoms with E-state index in [0.717, 1.165) is 5.56 Å². The first-order chi connectivity index (χ1) is 8.20. The molecule has 1 N–H and O–H groups in total. The Bertz CT molecular complexity index is 563. The Morgan fingerprint density at radius 1 is 1.53 bits per heavy atom. The molecule has 2 aromatic rings. The van der Waals surface area contributed by atoms with Gasteiger partial charge in [-0.3, -0.25) is 0 Å². The molecular formula is C11H9N3O3. The molecule has 0 fully saturated rings. The molecular weight excluding hydrogens is 222 g/mol. The molecule has 6 heteroatoms. The van der Waals surface area contributed by atoms with Crippen LogP contribution in [0.2, 0.25) is 0 Å². The largest absolute Gasteiger partial charge is 0.463 e. The van der Waals surface area contributed by atoms with E-state index in [0.29, 0.717) is 10.4 Å². The minimum absolute atomic E-state index is 0.0405. The Kier molecular flexibility index (Phi) is 2.87. The molecule has 1 heterocycles. The zero-order valence-corrected chi connectivity index (χ0v) is 8.78. The molecule has 2 rings (SSSR count). The average molecular weight is 231 g/mol. The second kappa shape index (κ2) is 4.48. The van der Waals surface area contributed by atoms with Crippen LogP contribution in [-0.4, -0.2) is 26.2 Å². The highest BCUT2D eigenvalue weighted by Crippen LogP contribution is 2.21. The van der Waals surface area contributed by atoms with E-state index in [1.165, 1.54) is 6.20 Å². The van der Waals surface area contributed by atoms with Gasteiger partial charge >= 0.3 is 6.09 Å². The van der Waals surface area contributed by atoms with Crippen molar-refractivity contribution in [2.45, 2.75) is 0 Å². The highest BCUT2D eigenvalue weighted by atomic mass is 16.5. The van der Waals surface area contributed by atoms with Crippen LogP contribution in [0.15, 0.2) is 37.0 Å². The summed E-state index contributed by atoms with van der Waals surface area (Å²) >= 11 is 0. The third-order valence-corrected chi connectivity index (χ3v) is 2.02. The van der Waals surface area contributed by atoms with Crippen LogP contribution in [0.4, 0.5) is 4.79 Å². The maximum absolute atomic E-state index is 10.8. The second-order valence-corrected chi connectivity index (χ2v) is 3.15. The fourth-order valence-corrected chi connectivity index (χ4v) is 1.25. The summed E-state index contributed by atoms with van der Waals surface area (Å²) in [7, 11) is 0. The summed E-state index contributed by atoms with van der Waals surface area (Å²) in [5.74, 6) is 0.533. The Morgan fingerprint density at radius 3 is 3.06 bits per heavy atom. The third kappa shape index (κ3) is 2.31. The Balaban J connectivity index is 2.28. The summed E-state index contributed by atoms with van der Waals surface area (Å²) < 4.78 is 6.02. The Morgan fingerprint density at radius 2 is 2.35 bits per heavy atom. The van der Waals surface area contributed by atoms with Crippen LogP contribution in [0.3, 0.4) is 0 Å². The van der Waals surface area contributed by atoms with E-state index >= 15 is 0 Å². The fraction of sp³-hybridized carbons (Fsp3) is 0. The van der Waals surface area contributed by atoms with Gasteiger partial charge in [0.05, 0.1) is 0 Å². The van der Waals surface area contributed by atoms with Crippen molar-refractivity contribution in [3.63, 3.8) is 0 Å². The van der Waals surface area contributed by atoms with E-state index in [9.17, 15) is 4.79 Å². The predicted octanol–water partition coefficient (Wildman–Crippen LogP) is 2.24. The number of carboxylic acid groups (broad SMARTS) is 1. The van der Waals surface area contributed by atoms with Gasteiger partial charge in [-0.1, -0.05) is 30.0 Å². The van der Waals surface area contributed by atoms with E-state index in [1.807, 2.05) is 6.07 Å². The summed E-state index contributed by atoms with van der Waals surface area (Å²) in [6.07, 6.45) is 1.64. The van der Waals surface area contributed by atoms with Crippen molar-refractivity contribution in [1.29, 1.82) is 0 Å². The molecule has 0 aliphatic carbocycles. The minimum Gasteiger partial charge on any atom is -0.463 e. The molecule has 86 valence electrons. The van der Waals surface area contributed by atoms with Crippen LogP contribution < -0.4 is 4.74 Å². The van der Waals surface area contributed by atoms with Crippen LogP contribution in [-0.2, 0) is 0 Å². The van der Waals surface area contributed by atoms with Crippen molar-refractivity contribution >= 4 is 12.2 Å². The van der Waals surface area contributed by atoms with Crippen molar-refractivity contribution < 1.29 is 14.6 Å². The minimum atomic E-state index is -1.25. The number of carbonyl (C=O) groups is 1. The molecule has 1 aromatic carbocycles. The van der Waals surface area contributed by atoms with Crippen LogP contribution in [0.25, 0.3) is 6.08 Å². The van der Waals surface area contributed by atoms with Gasteiger partial charge in [-0.15, -0.1) is 9.78 Å². The number of nitrogens with zero attached hydrogens (tertiary/aromatic N) is 3. The normalized spacial score (nSPS) is 9.88. The van der Waals surface area contributed by atoms with Crippen LogP contribution in [0, 0.1) is 0 Å². The molecule has 0 spiro atoms. The summed E-state index contributed by atoms with van der Waals surface area (Å²) in [4.78, 5) is 10.8. The molecule has 0 aliphatic rings. The first kappa shape index (κ1) is 10.9. The SMILES string of the molecule is C=Cc1cccc(Oc2cnnn2C(=O)O)c1. The molecule has 0 amide bonds. The summed E-state index contributed by atoms with van der Waals surface area (Å²) in [5, 5.41) is 15.6. The molecule has 0 bridgehead atoms. The van der Waals surface area contributed by atoms with Gasteiger partial charge in [-0.2, -0.15) is 0 Å². The Labute approximate surface area is 96.8 Å². The number of benzene rings is 1. The van der Waals surface area contributed by atoms with Gasteiger partial charge in [-0.05, 0) is 17.7 Å². The van der Waals surface area contributed by atoms with E-state index in [4.69, 9.17) is 9.84 Å². The molecule has 0 aliphatic heterocycles. The summed E-state index contributed by atoms with van der Waals surface area (Å²) in [5.41, 5.74) is 0.872. The molecule has 0 saturated carbocycles. The molecule has 0 unspecified atom stereocenters. The maximum atomic E-state index is 10.8. The monoisotopic (exact) mass is 231 g/mol. The van der Waals surface area contributed by atoms with Gasteiger partial charge in [0.1, 0.15) is 11.9 Å². The first-order valence-corrected chi connectivity index (χ1v) is 4.75. The third-order valence-electron chi connectivity index (χ3n) is 2.02. The highest BCUT2D eigenvalue weighted by Gasteiger charge is 2.12. The maximum Gasteiger partial charge on any atom is 0.436 e. The fourth-order valence-electron chi connectivity index (χ4n) is 1.25. The van der Waals surface area contributed by atoms with Crippen molar-refractivity contribution in [2.24, 2.45) is 0 Å². The average Bonchev–Trinajstić information content (AvgIpc) is 2.77. The second-order valence-electron chi connectivity index (χ2n) is 3.15. The number of aromatic nitrogens is 3. The van der Waals surface area contributed by atoms with Crippen LogP contribution in [0.5, 0.6) is 11.6 Å². The molecule has 6 nitrogen and oxygen atoms in total. The Hall–Kier alpha value is -2.63. The summed E-state index contributed by atoms with van der Waals surface area (Å²) in [6, 6.07) is 7.06. The zero-order chi connectivity index (χ0) is 12.3. The molecule has 0 radical (unpaired) electrons. The van der Waals surface area contributed by atoms with Crippen LogP contribution in [0.1, 0.15) is 5.56 Å². The highest BCUT2D eigenvalue weighted by molar-refractivity contribution is 5.68. The lowest BCUT2D eigenvalue weighted by Gasteiger charge is -2.04. The molecule has 0 atom stereocenters.